The molecule has 0 unspecified atom stereocenters. The number of hydrogen-bond donors (Lipinski definition) is 0. The molecule has 0 saturated heterocycles. The molecule has 0 aromatic carbocycles. The lowest BCUT2D eigenvalue weighted by atomic mass is 9.82. The second-order valence-electron chi connectivity index (χ2n) is 6.74. The van der Waals surface area contributed by atoms with E-state index in [0.717, 1.165) is 36.2 Å². The van der Waals surface area contributed by atoms with E-state index in [0.29, 0.717) is 25.1 Å². The lowest BCUT2D eigenvalue weighted by Crippen LogP contribution is -2.27. The van der Waals surface area contributed by atoms with Gasteiger partial charge < -0.3 is 9.30 Å². The van der Waals surface area contributed by atoms with Crippen LogP contribution in [0.4, 0.5) is 4.39 Å². The Morgan fingerprint density at radius 1 is 1.30 bits per heavy atom. The highest BCUT2D eigenvalue weighted by atomic mass is 19.1. The van der Waals surface area contributed by atoms with Crippen LogP contribution in [0.5, 0.6) is 5.88 Å². The SMILES string of the molecule is COc1ccc2c(n1)[C@H](CCC1(F)CCCCC1)n1cncc1-2. The Morgan fingerprint density at radius 3 is 2.91 bits per heavy atom. The van der Waals surface area contributed by atoms with E-state index in [-0.39, 0.29) is 6.04 Å². The Morgan fingerprint density at radius 2 is 2.13 bits per heavy atom. The van der Waals surface area contributed by atoms with Gasteiger partial charge in [-0.1, -0.05) is 19.3 Å². The van der Waals surface area contributed by atoms with Gasteiger partial charge in [-0.15, -0.1) is 0 Å². The molecule has 1 fully saturated rings. The Balaban J connectivity index is 1.61. The van der Waals surface area contributed by atoms with E-state index >= 15 is 0 Å². The first-order valence-corrected chi connectivity index (χ1v) is 8.46. The van der Waals surface area contributed by atoms with Gasteiger partial charge in [0.1, 0.15) is 5.67 Å². The maximum Gasteiger partial charge on any atom is 0.213 e. The molecule has 0 N–H and O–H groups in total. The molecule has 0 spiro atoms. The molecule has 1 saturated carbocycles. The van der Waals surface area contributed by atoms with E-state index in [1.165, 1.54) is 6.42 Å². The number of alkyl halides is 1. The van der Waals surface area contributed by atoms with Crippen LogP contribution in [0.1, 0.15) is 56.7 Å². The van der Waals surface area contributed by atoms with E-state index in [9.17, 15) is 4.39 Å². The van der Waals surface area contributed by atoms with Gasteiger partial charge >= 0.3 is 0 Å². The van der Waals surface area contributed by atoms with Crippen LogP contribution in [0.15, 0.2) is 24.7 Å². The number of fused-ring (bicyclic) bond motifs is 3. The van der Waals surface area contributed by atoms with Crippen molar-refractivity contribution >= 4 is 0 Å². The summed E-state index contributed by atoms with van der Waals surface area (Å²) in [6, 6.07) is 3.96. The van der Waals surface area contributed by atoms with E-state index in [1.54, 1.807) is 7.11 Å². The Bertz CT molecular complexity index is 706. The maximum atomic E-state index is 15.0. The Kier molecular flexibility index (Phi) is 3.58. The van der Waals surface area contributed by atoms with Crippen LogP contribution in [0, 0.1) is 0 Å². The highest BCUT2D eigenvalue weighted by molar-refractivity contribution is 5.67. The van der Waals surface area contributed by atoms with Crippen molar-refractivity contribution < 1.29 is 9.13 Å². The summed E-state index contributed by atoms with van der Waals surface area (Å²) in [7, 11) is 1.62. The largest absolute Gasteiger partial charge is 0.481 e. The molecule has 23 heavy (non-hydrogen) atoms. The topological polar surface area (TPSA) is 39.9 Å². The number of ether oxygens (including phenoxy) is 1. The van der Waals surface area contributed by atoms with Crippen LogP contribution in [0.3, 0.4) is 0 Å². The first-order valence-electron chi connectivity index (χ1n) is 8.46. The van der Waals surface area contributed by atoms with E-state index in [2.05, 4.69) is 14.5 Å². The standard InChI is InChI=1S/C18H22FN3O/c1-23-16-6-5-13-15-11-20-12-22(15)14(17(13)21-16)7-10-18(19)8-3-2-4-9-18/h5-6,11-12,14H,2-4,7-10H2,1H3/t14-/m0/s1. The van der Waals surface area contributed by atoms with Crippen molar-refractivity contribution in [3.8, 4) is 17.1 Å². The molecule has 5 heteroatoms. The lowest BCUT2D eigenvalue weighted by Gasteiger charge is -2.30. The normalized spacial score (nSPS) is 21.7. The minimum atomic E-state index is -0.999. The van der Waals surface area contributed by atoms with Crippen LogP contribution in [0.2, 0.25) is 0 Å². The quantitative estimate of drug-likeness (QED) is 0.844. The molecule has 4 nitrogen and oxygen atoms in total. The second-order valence-corrected chi connectivity index (χ2v) is 6.74. The summed E-state index contributed by atoms with van der Waals surface area (Å²) in [4.78, 5) is 8.89. The zero-order valence-electron chi connectivity index (χ0n) is 13.5. The average molecular weight is 315 g/mol. The number of rotatable bonds is 4. The first kappa shape index (κ1) is 14.7. The van der Waals surface area contributed by atoms with Crippen molar-refractivity contribution in [2.45, 2.75) is 56.7 Å². The number of nitrogens with zero attached hydrogens (tertiary/aromatic N) is 3. The van der Waals surface area contributed by atoms with Gasteiger partial charge in [-0.25, -0.2) is 14.4 Å². The van der Waals surface area contributed by atoms with Gasteiger partial charge in [0.05, 0.1) is 37.1 Å². The van der Waals surface area contributed by atoms with E-state index in [4.69, 9.17) is 4.74 Å². The third kappa shape index (κ3) is 2.52. The number of imidazole rings is 1. The van der Waals surface area contributed by atoms with Gasteiger partial charge in [0, 0.05) is 11.6 Å². The van der Waals surface area contributed by atoms with Gasteiger partial charge in [-0.3, -0.25) is 0 Å². The highest BCUT2D eigenvalue weighted by Gasteiger charge is 2.36. The summed E-state index contributed by atoms with van der Waals surface area (Å²) in [5.41, 5.74) is 2.14. The van der Waals surface area contributed by atoms with Crippen molar-refractivity contribution in [3.63, 3.8) is 0 Å². The predicted octanol–water partition coefficient (Wildman–Crippen LogP) is 4.31. The average Bonchev–Trinajstić information content (AvgIpc) is 3.14. The van der Waals surface area contributed by atoms with Crippen molar-refractivity contribution in [1.82, 2.24) is 14.5 Å². The Labute approximate surface area is 135 Å². The minimum Gasteiger partial charge on any atom is -0.481 e. The molecule has 0 radical (unpaired) electrons. The van der Waals surface area contributed by atoms with Crippen molar-refractivity contribution in [3.05, 3.63) is 30.4 Å². The van der Waals surface area contributed by atoms with Crippen LogP contribution in [-0.4, -0.2) is 27.3 Å². The monoisotopic (exact) mass is 315 g/mol. The third-order valence-electron chi connectivity index (χ3n) is 5.32. The second kappa shape index (κ2) is 5.62. The maximum absolute atomic E-state index is 15.0. The molecule has 1 aliphatic heterocycles. The lowest BCUT2D eigenvalue weighted by molar-refractivity contribution is 0.0901. The van der Waals surface area contributed by atoms with Gasteiger partial charge in [0.15, 0.2) is 0 Å². The number of methoxy groups -OCH3 is 1. The Hall–Kier alpha value is -1.91. The molecule has 2 aromatic rings. The van der Waals surface area contributed by atoms with Crippen molar-refractivity contribution in [2.75, 3.05) is 7.11 Å². The molecular weight excluding hydrogens is 293 g/mol. The summed E-state index contributed by atoms with van der Waals surface area (Å²) >= 11 is 0. The summed E-state index contributed by atoms with van der Waals surface area (Å²) in [6.07, 6.45) is 9.64. The van der Waals surface area contributed by atoms with Gasteiger partial charge in [-0.05, 0) is 31.7 Å². The predicted molar refractivity (Wildman–Crippen MR) is 86.3 cm³/mol. The zero-order chi connectivity index (χ0) is 15.9. The molecule has 2 aromatic heterocycles. The molecule has 1 atom stereocenters. The van der Waals surface area contributed by atoms with Crippen LogP contribution in [-0.2, 0) is 0 Å². The van der Waals surface area contributed by atoms with Crippen LogP contribution >= 0.6 is 0 Å². The van der Waals surface area contributed by atoms with Gasteiger partial charge in [0.25, 0.3) is 0 Å². The molecular formula is C18H22FN3O. The van der Waals surface area contributed by atoms with Crippen LogP contribution < -0.4 is 4.74 Å². The summed E-state index contributed by atoms with van der Waals surface area (Å²) in [5.74, 6) is 0.611. The fourth-order valence-electron chi connectivity index (χ4n) is 4.04. The molecule has 0 amide bonds. The molecule has 0 bridgehead atoms. The van der Waals surface area contributed by atoms with Gasteiger partial charge in [-0.2, -0.15) is 0 Å². The first-order chi connectivity index (χ1) is 11.2. The highest BCUT2D eigenvalue weighted by Crippen LogP contribution is 2.44. The van der Waals surface area contributed by atoms with Crippen molar-refractivity contribution in [1.29, 1.82) is 0 Å². The number of aromatic nitrogens is 3. The zero-order valence-corrected chi connectivity index (χ0v) is 13.5. The molecule has 3 heterocycles. The number of pyridine rings is 1. The number of halogens is 1. The fourth-order valence-corrected chi connectivity index (χ4v) is 4.04. The molecule has 2 aliphatic rings. The smallest absolute Gasteiger partial charge is 0.213 e. The minimum absolute atomic E-state index is 0.0622. The van der Waals surface area contributed by atoms with Crippen molar-refractivity contribution in [2.24, 2.45) is 0 Å². The molecule has 4 rings (SSSR count). The third-order valence-corrected chi connectivity index (χ3v) is 5.32. The van der Waals surface area contributed by atoms with E-state index in [1.807, 2.05) is 24.7 Å². The van der Waals surface area contributed by atoms with Gasteiger partial charge in [0.2, 0.25) is 5.88 Å². The summed E-state index contributed by atoms with van der Waals surface area (Å²) < 4.78 is 22.4. The summed E-state index contributed by atoms with van der Waals surface area (Å²) in [6.45, 7) is 0. The fraction of sp³-hybridized carbons (Fsp3) is 0.556. The molecule has 122 valence electrons. The summed E-state index contributed by atoms with van der Waals surface area (Å²) in [5, 5.41) is 0. The van der Waals surface area contributed by atoms with Crippen LogP contribution in [0.25, 0.3) is 11.3 Å². The van der Waals surface area contributed by atoms with E-state index < -0.39 is 5.67 Å². The molecule has 1 aliphatic carbocycles. The number of hydrogen-bond acceptors (Lipinski definition) is 3.